The van der Waals surface area contributed by atoms with E-state index in [-0.39, 0.29) is 0 Å². The van der Waals surface area contributed by atoms with E-state index < -0.39 is 0 Å². The number of anilines is 1. The van der Waals surface area contributed by atoms with E-state index in [0.29, 0.717) is 6.61 Å². The maximum atomic E-state index is 5.64. The molecule has 94 valence electrons. The van der Waals surface area contributed by atoms with Crippen LogP contribution in [0.1, 0.15) is 17.5 Å². The van der Waals surface area contributed by atoms with Crippen molar-refractivity contribution in [1.82, 2.24) is 0 Å². The highest BCUT2D eigenvalue weighted by Gasteiger charge is 1.95. The summed E-state index contributed by atoms with van der Waals surface area (Å²) >= 11 is 0. The molecular formula is C16H19NO. The summed E-state index contributed by atoms with van der Waals surface area (Å²) in [6.45, 7) is 1.45. The minimum Gasteiger partial charge on any atom is -0.399 e. The van der Waals surface area contributed by atoms with Crippen LogP contribution in [-0.4, -0.2) is 6.61 Å². The third kappa shape index (κ3) is 4.22. The lowest BCUT2D eigenvalue weighted by Crippen LogP contribution is -1.97. The van der Waals surface area contributed by atoms with Crippen molar-refractivity contribution in [2.24, 2.45) is 0 Å². The van der Waals surface area contributed by atoms with Crippen molar-refractivity contribution in [3.63, 3.8) is 0 Å². The van der Waals surface area contributed by atoms with Crippen LogP contribution in [0.3, 0.4) is 0 Å². The predicted octanol–water partition coefficient (Wildman–Crippen LogP) is 3.42. The van der Waals surface area contributed by atoms with Crippen molar-refractivity contribution in [3.8, 4) is 0 Å². The molecule has 2 heteroatoms. The van der Waals surface area contributed by atoms with Gasteiger partial charge in [0, 0.05) is 12.3 Å². The number of ether oxygens (including phenoxy) is 1. The summed E-state index contributed by atoms with van der Waals surface area (Å²) in [5.74, 6) is 0. The Morgan fingerprint density at radius 3 is 2.28 bits per heavy atom. The average Bonchev–Trinajstić information content (AvgIpc) is 2.42. The number of benzene rings is 2. The van der Waals surface area contributed by atoms with Gasteiger partial charge in [-0.15, -0.1) is 0 Å². The van der Waals surface area contributed by atoms with E-state index in [1.54, 1.807) is 0 Å². The molecular weight excluding hydrogens is 222 g/mol. The van der Waals surface area contributed by atoms with Crippen LogP contribution in [0, 0.1) is 0 Å². The summed E-state index contributed by atoms with van der Waals surface area (Å²) in [5.41, 5.74) is 8.96. The van der Waals surface area contributed by atoms with E-state index in [4.69, 9.17) is 10.5 Å². The van der Waals surface area contributed by atoms with Crippen LogP contribution in [0.25, 0.3) is 0 Å². The van der Waals surface area contributed by atoms with Gasteiger partial charge in [-0.25, -0.2) is 0 Å². The topological polar surface area (TPSA) is 35.2 Å². The minimum atomic E-state index is 0.662. The first-order chi connectivity index (χ1) is 8.84. The van der Waals surface area contributed by atoms with Crippen LogP contribution in [-0.2, 0) is 17.8 Å². The van der Waals surface area contributed by atoms with Gasteiger partial charge >= 0.3 is 0 Å². The van der Waals surface area contributed by atoms with E-state index >= 15 is 0 Å². The fourth-order valence-electron chi connectivity index (χ4n) is 1.83. The number of aryl methyl sites for hydroxylation is 1. The Morgan fingerprint density at radius 2 is 1.56 bits per heavy atom. The van der Waals surface area contributed by atoms with Gasteiger partial charge in [0.05, 0.1) is 6.61 Å². The van der Waals surface area contributed by atoms with Crippen molar-refractivity contribution in [2.75, 3.05) is 12.3 Å². The third-order valence-electron chi connectivity index (χ3n) is 2.85. The number of hydrogen-bond donors (Lipinski definition) is 1. The van der Waals surface area contributed by atoms with E-state index in [2.05, 4.69) is 24.3 Å². The molecule has 2 aromatic rings. The number of rotatable bonds is 6. The second-order valence-electron chi connectivity index (χ2n) is 4.38. The van der Waals surface area contributed by atoms with Gasteiger partial charge in [0.25, 0.3) is 0 Å². The molecule has 2 aromatic carbocycles. The molecule has 0 saturated heterocycles. The predicted molar refractivity (Wildman–Crippen MR) is 75.3 cm³/mol. The van der Waals surface area contributed by atoms with Gasteiger partial charge in [-0.1, -0.05) is 42.5 Å². The van der Waals surface area contributed by atoms with E-state index in [0.717, 1.165) is 25.1 Å². The van der Waals surface area contributed by atoms with Crippen LogP contribution in [0.15, 0.2) is 54.6 Å². The van der Waals surface area contributed by atoms with Gasteiger partial charge in [0.2, 0.25) is 0 Å². The van der Waals surface area contributed by atoms with Gasteiger partial charge in [0.15, 0.2) is 0 Å². The molecule has 0 atom stereocenters. The van der Waals surface area contributed by atoms with Crippen molar-refractivity contribution < 1.29 is 4.74 Å². The van der Waals surface area contributed by atoms with Gasteiger partial charge in [-0.3, -0.25) is 0 Å². The second kappa shape index (κ2) is 6.82. The quantitative estimate of drug-likeness (QED) is 0.621. The highest BCUT2D eigenvalue weighted by atomic mass is 16.5. The maximum absolute atomic E-state index is 5.64. The van der Waals surface area contributed by atoms with Crippen molar-refractivity contribution in [2.45, 2.75) is 19.4 Å². The molecule has 18 heavy (non-hydrogen) atoms. The molecule has 0 aliphatic heterocycles. The standard InChI is InChI=1S/C16H19NO/c17-16-10-8-15(9-11-16)13-18-12-4-7-14-5-2-1-3-6-14/h1-3,5-6,8-11H,4,7,12-13,17H2. The largest absolute Gasteiger partial charge is 0.399 e. The van der Waals surface area contributed by atoms with E-state index in [1.807, 2.05) is 30.3 Å². The summed E-state index contributed by atoms with van der Waals surface area (Å²) < 4.78 is 5.64. The normalized spacial score (nSPS) is 10.4. The van der Waals surface area contributed by atoms with Gasteiger partial charge < -0.3 is 10.5 Å². The lowest BCUT2D eigenvalue weighted by molar-refractivity contribution is 0.118. The van der Waals surface area contributed by atoms with E-state index in [1.165, 1.54) is 11.1 Å². The SMILES string of the molecule is Nc1ccc(COCCCc2ccccc2)cc1. The number of hydrogen-bond acceptors (Lipinski definition) is 2. The average molecular weight is 241 g/mol. The van der Waals surface area contributed by atoms with Crippen LogP contribution in [0.2, 0.25) is 0 Å². The Morgan fingerprint density at radius 1 is 0.833 bits per heavy atom. The van der Waals surface area contributed by atoms with Crippen molar-refractivity contribution >= 4 is 5.69 Å². The van der Waals surface area contributed by atoms with Crippen LogP contribution >= 0.6 is 0 Å². The van der Waals surface area contributed by atoms with Gasteiger partial charge in [-0.05, 0) is 36.1 Å². The summed E-state index contributed by atoms with van der Waals surface area (Å²) in [4.78, 5) is 0. The molecule has 0 spiro atoms. The number of nitrogens with two attached hydrogens (primary N) is 1. The Hall–Kier alpha value is -1.80. The highest BCUT2D eigenvalue weighted by molar-refractivity contribution is 5.39. The van der Waals surface area contributed by atoms with Crippen LogP contribution in [0.4, 0.5) is 5.69 Å². The molecule has 0 radical (unpaired) electrons. The molecule has 0 unspecified atom stereocenters. The summed E-state index contributed by atoms with van der Waals surface area (Å²) in [6, 6.07) is 18.3. The smallest absolute Gasteiger partial charge is 0.0716 e. The first-order valence-corrected chi connectivity index (χ1v) is 6.31. The van der Waals surface area contributed by atoms with Gasteiger partial charge in [-0.2, -0.15) is 0 Å². The van der Waals surface area contributed by atoms with Crippen molar-refractivity contribution in [1.29, 1.82) is 0 Å². The lowest BCUT2D eigenvalue weighted by atomic mass is 10.1. The zero-order valence-corrected chi connectivity index (χ0v) is 10.5. The van der Waals surface area contributed by atoms with E-state index in [9.17, 15) is 0 Å². The minimum absolute atomic E-state index is 0.662. The summed E-state index contributed by atoms with van der Waals surface area (Å²) in [5, 5.41) is 0. The Kier molecular flexibility index (Phi) is 4.79. The van der Waals surface area contributed by atoms with Crippen LogP contribution < -0.4 is 5.73 Å². The molecule has 0 amide bonds. The van der Waals surface area contributed by atoms with Gasteiger partial charge in [0.1, 0.15) is 0 Å². The zero-order chi connectivity index (χ0) is 12.6. The molecule has 2 rings (SSSR count). The fraction of sp³-hybridized carbons (Fsp3) is 0.250. The Labute approximate surface area is 108 Å². The summed E-state index contributed by atoms with van der Waals surface area (Å²) in [7, 11) is 0. The second-order valence-corrected chi connectivity index (χ2v) is 4.38. The highest BCUT2D eigenvalue weighted by Crippen LogP contribution is 2.07. The first kappa shape index (κ1) is 12.7. The molecule has 0 aliphatic rings. The molecule has 0 aliphatic carbocycles. The fourth-order valence-corrected chi connectivity index (χ4v) is 1.83. The summed E-state index contributed by atoms with van der Waals surface area (Å²) in [6.07, 6.45) is 2.13. The monoisotopic (exact) mass is 241 g/mol. The molecule has 0 heterocycles. The first-order valence-electron chi connectivity index (χ1n) is 6.31. The van der Waals surface area contributed by atoms with Crippen molar-refractivity contribution in [3.05, 3.63) is 65.7 Å². The number of nitrogen functional groups attached to an aromatic ring is 1. The Balaban J connectivity index is 1.63. The maximum Gasteiger partial charge on any atom is 0.0716 e. The molecule has 2 N–H and O–H groups in total. The molecule has 2 nitrogen and oxygen atoms in total. The molecule has 0 aromatic heterocycles. The molecule has 0 fully saturated rings. The van der Waals surface area contributed by atoms with Crippen LogP contribution in [0.5, 0.6) is 0 Å². The zero-order valence-electron chi connectivity index (χ0n) is 10.5. The lowest BCUT2D eigenvalue weighted by Gasteiger charge is -2.05. The molecule has 0 saturated carbocycles. The molecule has 0 bridgehead atoms. The Bertz CT molecular complexity index is 450. The third-order valence-corrected chi connectivity index (χ3v) is 2.85.